The molecule has 24 heavy (non-hydrogen) atoms. The monoisotopic (exact) mass is 400 g/mol. The molecule has 0 radical (unpaired) electrons. The molecular formula is C16H16Cl2N3OS2+. The van der Waals surface area contributed by atoms with Gasteiger partial charge in [-0.2, -0.15) is 0 Å². The van der Waals surface area contributed by atoms with Crippen LogP contribution in [0.4, 0.5) is 5.13 Å². The minimum Gasteiger partial charge on any atom is -0.338 e. The molecule has 0 fully saturated rings. The van der Waals surface area contributed by atoms with Gasteiger partial charge in [0.15, 0.2) is 5.13 Å². The molecule has 0 bridgehead atoms. The van der Waals surface area contributed by atoms with Crippen LogP contribution in [0, 0.1) is 0 Å². The van der Waals surface area contributed by atoms with Gasteiger partial charge >= 0.3 is 0 Å². The number of aromatic nitrogens is 1. The molecule has 0 spiro atoms. The largest absolute Gasteiger partial charge is 0.338 e. The van der Waals surface area contributed by atoms with Gasteiger partial charge in [-0.15, -0.1) is 11.3 Å². The molecular weight excluding hydrogens is 385 g/mol. The number of quaternary nitrogens is 1. The number of likely N-dealkylation sites (N-methyl/N-ethyl adjacent to an activating group) is 1. The van der Waals surface area contributed by atoms with Crippen molar-refractivity contribution < 1.29 is 9.69 Å². The van der Waals surface area contributed by atoms with Gasteiger partial charge in [0.2, 0.25) is 0 Å². The lowest BCUT2D eigenvalue weighted by Gasteiger charge is -2.19. The number of hydrogen-bond acceptors (Lipinski definition) is 4. The molecule has 8 heteroatoms. The fourth-order valence-electron chi connectivity index (χ4n) is 2.18. The molecule has 0 unspecified atom stereocenters. The molecule has 2 aromatic heterocycles. The second-order valence-corrected chi connectivity index (χ2v) is 8.79. The number of thiophene rings is 1. The molecule has 126 valence electrons. The van der Waals surface area contributed by atoms with Gasteiger partial charge < -0.3 is 4.90 Å². The zero-order valence-corrected chi connectivity index (χ0v) is 16.3. The van der Waals surface area contributed by atoms with Gasteiger partial charge in [0.05, 0.1) is 46.6 Å². The lowest BCUT2D eigenvalue weighted by molar-refractivity contribution is -0.856. The van der Waals surface area contributed by atoms with Crippen LogP contribution in [0.1, 0.15) is 9.67 Å². The number of carbonyl (C=O) groups is 1. The molecule has 3 aromatic rings. The zero-order chi connectivity index (χ0) is 17.3. The summed E-state index contributed by atoms with van der Waals surface area (Å²) in [5.41, 5.74) is 0.846. The zero-order valence-electron chi connectivity index (χ0n) is 13.2. The Morgan fingerprint density at radius 2 is 2.00 bits per heavy atom. The van der Waals surface area contributed by atoms with Crippen molar-refractivity contribution in [3.63, 3.8) is 0 Å². The van der Waals surface area contributed by atoms with Crippen molar-refractivity contribution in [3.05, 3.63) is 44.6 Å². The van der Waals surface area contributed by atoms with Crippen molar-refractivity contribution in [3.8, 4) is 0 Å². The van der Waals surface area contributed by atoms with E-state index in [9.17, 15) is 4.79 Å². The number of benzene rings is 1. The highest BCUT2D eigenvalue weighted by atomic mass is 35.5. The molecule has 1 aromatic carbocycles. The Morgan fingerprint density at radius 1 is 1.21 bits per heavy atom. The van der Waals surface area contributed by atoms with Gasteiger partial charge in [0, 0.05) is 5.02 Å². The molecule has 4 nitrogen and oxygen atoms in total. The summed E-state index contributed by atoms with van der Waals surface area (Å²) in [6.07, 6.45) is 0. The molecule has 0 aliphatic heterocycles. The molecule has 0 aliphatic carbocycles. The number of anilines is 1. The number of fused-ring (bicyclic) bond motifs is 1. The van der Waals surface area contributed by atoms with E-state index in [1.54, 1.807) is 17.0 Å². The quantitative estimate of drug-likeness (QED) is 0.711. The van der Waals surface area contributed by atoms with Crippen molar-refractivity contribution in [1.29, 1.82) is 0 Å². The highest BCUT2D eigenvalue weighted by Crippen LogP contribution is 2.32. The molecule has 0 aliphatic rings. The lowest BCUT2D eigenvalue weighted by Crippen LogP contribution is -3.06. The molecule has 3 rings (SSSR count). The first-order valence-electron chi connectivity index (χ1n) is 7.36. The van der Waals surface area contributed by atoms with Crippen molar-refractivity contribution in [1.82, 2.24) is 4.98 Å². The summed E-state index contributed by atoms with van der Waals surface area (Å²) in [5.74, 6) is -0.0710. The summed E-state index contributed by atoms with van der Waals surface area (Å²) in [7, 11) is 4.12. The van der Waals surface area contributed by atoms with Crippen molar-refractivity contribution in [2.75, 3.05) is 32.1 Å². The minimum absolute atomic E-state index is 0.0710. The van der Waals surface area contributed by atoms with Crippen LogP contribution in [0.25, 0.3) is 10.2 Å². The third-order valence-electron chi connectivity index (χ3n) is 3.43. The minimum atomic E-state index is -0.0710. The second kappa shape index (κ2) is 7.37. The van der Waals surface area contributed by atoms with E-state index in [1.807, 2.05) is 18.2 Å². The molecule has 0 atom stereocenters. The van der Waals surface area contributed by atoms with Crippen LogP contribution < -0.4 is 9.80 Å². The van der Waals surface area contributed by atoms with E-state index in [1.165, 1.54) is 27.6 Å². The van der Waals surface area contributed by atoms with Crippen LogP contribution in [0.5, 0.6) is 0 Å². The summed E-state index contributed by atoms with van der Waals surface area (Å²) >= 11 is 14.8. The predicted molar refractivity (Wildman–Crippen MR) is 103 cm³/mol. The van der Waals surface area contributed by atoms with Gasteiger partial charge in [0.1, 0.15) is 0 Å². The Kier molecular flexibility index (Phi) is 5.42. The maximum Gasteiger partial charge on any atom is 0.270 e. The van der Waals surface area contributed by atoms with E-state index in [0.29, 0.717) is 25.9 Å². The summed E-state index contributed by atoms with van der Waals surface area (Å²) in [6, 6.07) is 9.06. The summed E-state index contributed by atoms with van der Waals surface area (Å²) in [4.78, 5) is 21.1. The number of halogens is 2. The van der Waals surface area contributed by atoms with E-state index in [2.05, 4.69) is 19.1 Å². The second-order valence-electron chi connectivity index (χ2n) is 5.63. The first-order chi connectivity index (χ1) is 11.4. The van der Waals surface area contributed by atoms with Crippen LogP contribution in [-0.2, 0) is 0 Å². The Morgan fingerprint density at radius 3 is 2.67 bits per heavy atom. The number of hydrogen-bond donors (Lipinski definition) is 1. The van der Waals surface area contributed by atoms with Gasteiger partial charge in [-0.25, -0.2) is 4.98 Å². The molecule has 0 saturated heterocycles. The van der Waals surface area contributed by atoms with Crippen LogP contribution in [0.2, 0.25) is 9.36 Å². The van der Waals surface area contributed by atoms with E-state index in [0.717, 1.165) is 16.8 Å². The number of rotatable bonds is 5. The molecule has 2 heterocycles. The summed E-state index contributed by atoms with van der Waals surface area (Å²) in [5, 5.41) is 1.35. The number of carbonyl (C=O) groups excluding carboxylic acids is 1. The predicted octanol–water partition coefficient (Wildman–Crippen LogP) is 3.46. The standard InChI is InChI=1S/C16H15Cl2N3OS2/c1-20(2)7-8-21(15(22)12-5-6-14(18)23-12)16-19-11-4-3-10(17)9-13(11)24-16/h3-6,9H,7-8H2,1-2H3/p+1. The average molecular weight is 401 g/mol. The third-order valence-corrected chi connectivity index (χ3v) is 5.93. The first-order valence-corrected chi connectivity index (χ1v) is 9.75. The van der Waals surface area contributed by atoms with E-state index < -0.39 is 0 Å². The number of amides is 1. The van der Waals surface area contributed by atoms with Crippen molar-refractivity contribution in [2.24, 2.45) is 0 Å². The molecule has 0 saturated carbocycles. The maximum absolute atomic E-state index is 12.9. The summed E-state index contributed by atoms with van der Waals surface area (Å²) < 4.78 is 1.57. The number of nitrogens with zero attached hydrogens (tertiary/aromatic N) is 2. The highest BCUT2D eigenvalue weighted by molar-refractivity contribution is 7.22. The van der Waals surface area contributed by atoms with Crippen LogP contribution >= 0.6 is 45.9 Å². The van der Waals surface area contributed by atoms with Gasteiger partial charge in [-0.1, -0.05) is 34.5 Å². The van der Waals surface area contributed by atoms with Crippen LogP contribution in [0.3, 0.4) is 0 Å². The van der Waals surface area contributed by atoms with Crippen molar-refractivity contribution >= 4 is 67.1 Å². The van der Waals surface area contributed by atoms with E-state index >= 15 is 0 Å². The van der Waals surface area contributed by atoms with Gasteiger partial charge in [-0.05, 0) is 30.3 Å². The molecule has 1 N–H and O–H groups in total. The van der Waals surface area contributed by atoms with E-state index in [-0.39, 0.29) is 5.91 Å². The van der Waals surface area contributed by atoms with E-state index in [4.69, 9.17) is 23.2 Å². The van der Waals surface area contributed by atoms with Crippen LogP contribution in [-0.4, -0.2) is 38.1 Å². The first kappa shape index (κ1) is 17.6. The average Bonchev–Trinajstić information content (AvgIpc) is 3.12. The van der Waals surface area contributed by atoms with Gasteiger partial charge in [-0.3, -0.25) is 9.69 Å². The van der Waals surface area contributed by atoms with Gasteiger partial charge in [0.25, 0.3) is 5.91 Å². The smallest absolute Gasteiger partial charge is 0.270 e. The SMILES string of the molecule is C[NH+](C)CCN(C(=O)c1ccc(Cl)s1)c1nc2ccc(Cl)cc2s1. The Balaban J connectivity index is 1.97. The Labute approximate surface area is 158 Å². The maximum atomic E-state index is 12.9. The fraction of sp³-hybridized carbons (Fsp3) is 0.250. The van der Waals surface area contributed by atoms with Crippen molar-refractivity contribution in [2.45, 2.75) is 0 Å². The third kappa shape index (κ3) is 3.90. The number of thiazole rings is 1. The summed E-state index contributed by atoms with van der Waals surface area (Å²) in [6.45, 7) is 1.41. The number of nitrogens with one attached hydrogen (secondary N) is 1. The Hall–Kier alpha value is -1.18. The topological polar surface area (TPSA) is 37.6 Å². The lowest BCUT2D eigenvalue weighted by atomic mass is 10.3. The van der Waals surface area contributed by atoms with Crippen LogP contribution in [0.15, 0.2) is 30.3 Å². The fourth-order valence-corrected chi connectivity index (χ4v) is 4.44. The Bertz CT molecular complexity index is 875. The molecule has 1 amide bonds. The highest BCUT2D eigenvalue weighted by Gasteiger charge is 2.23. The normalized spacial score (nSPS) is 11.4.